The molecule has 1 fully saturated rings. The van der Waals surface area contributed by atoms with E-state index in [0.29, 0.717) is 0 Å². The molecule has 0 saturated carbocycles. The van der Waals surface area contributed by atoms with Crippen LogP contribution < -0.4 is 0 Å². The third-order valence-electron chi connectivity index (χ3n) is 2.65. The lowest BCUT2D eigenvalue weighted by Gasteiger charge is -2.36. The molecule has 2 atom stereocenters. The molecule has 0 radical (unpaired) electrons. The van der Waals surface area contributed by atoms with E-state index in [1.54, 1.807) is 0 Å². The van der Waals surface area contributed by atoms with Gasteiger partial charge < -0.3 is 4.57 Å². The summed E-state index contributed by atoms with van der Waals surface area (Å²) < 4.78 is 2.78. The zero-order chi connectivity index (χ0) is 7.56. The first kappa shape index (κ1) is 8.49. The maximum atomic E-state index is 2.78. The Hall–Kier alpha value is 0.394. The van der Waals surface area contributed by atoms with Crippen molar-refractivity contribution in [2.75, 3.05) is 6.54 Å². The van der Waals surface area contributed by atoms with Gasteiger partial charge in [-0.05, 0) is 31.3 Å². The molecular formula is C7H19NSi2. The lowest BCUT2D eigenvalue weighted by atomic mass is 9.97. The molecule has 3 heteroatoms. The van der Waals surface area contributed by atoms with Crippen molar-refractivity contribution in [2.24, 2.45) is 5.92 Å². The van der Waals surface area contributed by atoms with Gasteiger partial charge in [-0.15, -0.1) is 0 Å². The van der Waals surface area contributed by atoms with Crippen LogP contribution in [0.2, 0.25) is 0 Å². The van der Waals surface area contributed by atoms with Crippen LogP contribution in [-0.2, 0) is 0 Å². The Morgan fingerprint density at radius 3 is 2.60 bits per heavy atom. The first-order chi connectivity index (χ1) is 4.74. The molecule has 0 aliphatic carbocycles. The van der Waals surface area contributed by atoms with E-state index < -0.39 is 0 Å². The van der Waals surface area contributed by atoms with Crippen molar-refractivity contribution in [3.05, 3.63) is 0 Å². The predicted octanol–water partition coefficient (Wildman–Crippen LogP) is -0.529. The highest BCUT2D eigenvalue weighted by molar-refractivity contribution is 6.87. The normalized spacial score (nSPS) is 37.8. The maximum Gasteiger partial charge on any atom is 0.0759 e. The molecule has 60 valence electrons. The second-order valence-corrected chi connectivity index (χ2v) is 6.96. The van der Waals surface area contributed by atoms with Crippen LogP contribution in [-0.4, -0.2) is 36.1 Å². The fraction of sp³-hybridized carbons (Fsp3) is 1.00. The highest BCUT2D eigenvalue weighted by Gasteiger charge is 2.20. The zero-order valence-electron chi connectivity index (χ0n) is 7.43. The molecule has 0 N–H and O–H groups in total. The minimum atomic E-state index is 0.261. The monoisotopic (exact) mass is 173 g/mol. The van der Waals surface area contributed by atoms with E-state index in [4.69, 9.17) is 0 Å². The summed E-state index contributed by atoms with van der Waals surface area (Å²) in [6.45, 7) is 6.21. The minimum absolute atomic E-state index is 0.261. The molecular weight excluding hydrogens is 154 g/mol. The van der Waals surface area contributed by atoms with Gasteiger partial charge in [0.05, 0.1) is 9.20 Å². The smallest absolute Gasteiger partial charge is 0.0759 e. The summed E-state index contributed by atoms with van der Waals surface area (Å²) >= 11 is 0. The Labute approximate surface area is 69.3 Å². The summed E-state index contributed by atoms with van der Waals surface area (Å²) in [4.78, 5) is 0. The number of rotatable bonds is 1. The second-order valence-electron chi connectivity index (χ2n) is 3.62. The van der Waals surface area contributed by atoms with Gasteiger partial charge in [-0.25, -0.2) is 0 Å². The van der Waals surface area contributed by atoms with Crippen LogP contribution in [0.4, 0.5) is 0 Å². The molecule has 0 aromatic rings. The van der Waals surface area contributed by atoms with Crippen LogP contribution in [0.5, 0.6) is 0 Å². The molecule has 2 unspecified atom stereocenters. The van der Waals surface area contributed by atoms with E-state index in [0.717, 1.165) is 12.0 Å². The second kappa shape index (κ2) is 3.69. The van der Waals surface area contributed by atoms with Gasteiger partial charge in [0.1, 0.15) is 0 Å². The maximum absolute atomic E-state index is 2.78. The molecule has 1 saturated heterocycles. The summed E-state index contributed by atoms with van der Waals surface area (Å²) in [5.74, 6) is 0.984. The summed E-state index contributed by atoms with van der Waals surface area (Å²) in [7, 11) is 1.74. The first-order valence-electron chi connectivity index (χ1n) is 4.48. The molecule has 0 aromatic carbocycles. The van der Waals surface area contributed by atoms with Crippen LogP contribution >= 0.6 is 0 Å². The Balaban J connectivity index is 2.38. The van der Waals surface area contributed by atoms with Gasteiger partial charge in [0.25, 0.3) is 0 Å². The van der Waals surface area contributed by atoms with Crippen LogP contribution in [0.1, 0.15) is 26.7 Å². The number of hydrogen-bond acceptors (Lipinski definition) is 1. The third-order valence-corrected chi connectivity index (χ3v) is 6.78. The van der Waals surface area contributed by atoms with Gasteiger partial charge in [-0.3, -0.25) is 0 Å². The quantitative estimate of drug-likeness (QED) is 0.482. The Morgan fingerprint density at radius 1 is 1.40 bits per heavy atom. The van der Waals surface area contributed by atoms with Crippen molar-refractivity contribution in [3.63, 3.8) is 0 Å². The highest BCUT2D eigenvalue weighted by atomic mass is 29.1. The first-order valence-corrected chi connectivity index (χ1v) is 10.8. The Kier molecular flexibility index (Phi) is 3.13. The van der Waals surface area contributed by atoms with Crippen molar-refractivity contribution in [1.82, 2.24) is 4.57 Å². The topological polar surface area (TPSA) is 3.24 Å². The zero-order valence-corrected chi connectivity index (χ0v) is 10.8. The van der Waals surface area contributed by atoms with E-state index in [-0.39, 0.29) is 9.20 Å². The average molecular weight is 173 g/mol. The van der Waals surface area contributed by atoms with Crippen LogP contribution in [0.25, 0.3) is 0 Å². The van der Waals surface area contributed by atoms with Crippen molar-refractivity contribution < 1.29 is 0 Å². The van der Waals surface area contributed by atoms with E-state index in [1.807, 2.05) is 0 Å². The van der Waals surface area contributed by atoms with E-state index >= 15 is 0 Å². The predicted molar refractivity (Wildman–Crippen MR) is 53.0 cm³/mol. The number of hydrogen-bond donors (Lipinski definition) is 0. The van der Waals surface area contributed by atoms with Gasteiger partial charge in [-0.1, -0.05) is 13.8 Å². The average Bonchev–Trinajstić information content (AvgIpc) is 1.94. The lowest BCUT2D eigenvalue weighted by Crippen LogP contribution is -2.43. The van der Waals surface area contributed by atoms with E-state index in [1.165, 1.54) is 29.1 Å². The summed E-state index contributed by atoms with van der Waals surface area (Å²) in [6, 6.07) is 0.931. The molecule has 1 aliphatic heterocycles. The lowest BCUT2D eigenvalue weighted by molar-refractivity contribution is 0.223. The molecule has 1 heterocycles. The molecule has 0 aromatic heterocycles. The molecule has 10 heavy (non-hydrogen) atoms. The van der Waals surface area contributed by atoms with Crippen molar-refractivity contribution in [3.8, 4) is 0 Å². The fourth-order valence-electron chi connectivity index (χ4n) is 1.82. The van der Waals surface area contributed by atoms with Gasteiger partial charge >= 0.3 is 0 Å². The van der Waals surface area contributed by atoms with Gasteiger partial charge in [0, 0.05) is 9.76 Å². The van der Waals surface area contributed by atoms with Gasteiger partial charge in [-0.2, -0.15) is 0 Å². The number of nitrogens with zero attached hydrogens (tertiary/aromatic N) is 1. The molecule has 0 bridgehead atoms. The standard InChI is InChI=1S/C7H19NSi2/c1-6-3-4-7(2)8(5-6)10-9/h6-7H,3-5,10H2,1-2,9H3. The molecule has 1 rings (SSSR count). The van der Waals surface area contributed by atoms with Crippen LogP contribution in [0.15, 0.2) is 0 Å². The number of piperidine rings is 1. The minimum Gasteiger partial charge on any atom is -0.330 e. The van der Waals surface area contributed by atoms with E-state index in [9.17, 15) is 0 Å². The van der Waals surface area contributed by atoms with Crippen LogP contribution in [0, 0.1) is 5.92 Å². The Morgan fingerprint density at radius 2 is 2.10 bits per heavy atom. The molecule has 1 nitrogen and oxygen atoms in total. The van der Waals surface area contributed by atoms with Crippen molar-refractivity contribution >= 4 is 19.0 Å². The van der Waals surface area contributed by atoms with Crippen molar-refractivity contribution in [2.45, 2.75) is 32.7 Å². The molecule has 1 aliphatic rings. The summed E-state index contributed by atoms with van der Waals surface area (Å²) in [5, 5.41) is 0. The SMILES string of the molecule is CC1CCC(C)N([SiH2][SiH3])C1. The van der Waals surface area contributed by atoms with Gasteiger partial charge in [0.2, 0.25) is 0 Å². The van der Waals surface area contributed by atoms with E-state index in [2.05, 4.69) is 18.4 Å². The van der Waals surface area contributed by atoms with Gasteiger partial charge in [0.15, 0.2) is 0 Å². The largest absolute Gasteiger partial charge is 0.330 e. The Bertz CT molecular complexity index is 108. The van der Waals surface area contributed by atoms with Crippen molar-refractivity contribution in [1.29, 1.82) is 0 Å². The third kappa shape index (κ3) is 1.94. The molecule has 0 amide bonds. The fourth-order valence-corrected chi connectivity index (χ4v) is 5.97. The highest BCUT2D eigenvalue weighted by Crippen LogP contribution is 2.19. The summed E-state index contributed by atoms with van der Waals surface area (Å²) in [5.41, 5.74) is 0. The molecule has 0 spiro atoms. The summed E-state index contributed by atoms with van der Waals surface area (Å²) in [6.07, 6.45) is 2.92. The van der Waals surface area contributed by atoms with Crippen LogP contribution in [0.3, 0.4) is 0 Å².